The lowest BCUT2D eigenvalue weighted by atomic mass is 9.64. The molecule has 0 saturated heterocycles. The molecule has 0 bridgehead atoms. The van der Waals surface area contributed by atoms with Crippen LogP contribution < -0.4 is 5.32 Å². The summed E-state index contributed by atoms with van der Waals surface area (Å²) in [6, 6.07) is 11.8. The molecule has 0 heterocycles. The minimum atomic E-state index is 0.331. The second-order valence-electron chi connectivity index (χ2n) is 6.46. The van der Waals surface area contributed by atoms with Gasteiger partial charge >= 0.3 is 0 Å². The summed E-state index contributed by atoms with van der Waals surface area (Å²) in [5, 5.41) is 3.87. The molecule has 1 nitrogen and oxygen atoms in total. The van der Waals surface area contributed by atoms with E-state index in [1.54, 1.807) is 5.56 Å². The highest BCUT2D eigenvalue weighted by Crippen LogP contribution is 2.43. The normalized spacial score (nSPS) is 19.1. The standard InChI is InChI=1S/C20H31N/c1-3-5-14-19(21-17-4-2)20(15-10-7-11-16-20)18-12-8-6-9-13-18/h3,6,8-9,12-13,19,21H,1,4-5,7,10-11,14-17H2,2H3. The van der Waals surface area contributed by atoms with Gasteiger partial charge in [0.25, 0.3) is 0 Å². The fraction of sp³-hybridized carbons (Fsp3) is 0.600. The van der Waals surface area contributed by atoms with E-state index in [4.69, 9.17) is 0 Å². The van der Waals surface area contributed by atoms with E-state index in [0.717, 1.165) is 13.0 Å². The topological polar surface area (TPSA) is 12.0 Å². The molecule has 1 unspecified atom stereocenters. The van der Waals surface area contributed by atoms with Gasteiger partial charge in [-0.3, -0.25) is 0 Å². The van der Waals surface area contributed by atoms with Gasteiger partial charge in [-0.05, 0) is 44.2 Å². The molecule has 2 rings (SSSR count). The first-order valence-electron chi connectivity index (χ1n) is 8.73. The number of nitrogens with one attached hydrogen (secondary N) is 1. The zero-order chi connectivity index (χ0) is 15.0. The number of hydrogen-bond donors (Lipinski definition) is 1. The van der Waals surface area contributed by atoms with Gasteiger partial charge in [-0.2, -0.15) is 0 Å². The molecule has 1 saturated carbocycles. The van der Waals surface area contributed by atoms with Crippen LogP contribution in [0.3, 0.4) is 0 Å². The monoisotopic (exact) mass is 285 g/mol. The van der Waals surface area contributed by atoms with Crippen molar-refractivity contribution in [3.63, 3.8) is 0 Å². The summed E-state index contributed by atoms with van der Waals surface area (Å²) in [5.41, 5.74) is 1.87. The highest BCUT2D eigenvalue weighted by Gasteiger charge is 2.40. The Bertz CT molecular complexity index is 403. The molecule has 0 radical (unpaired) electrons. The first-order chi connectivity index (χ1) is 10.3. The van der Waals surface area contributed by atoms with Gasteiger partial charge in [0, 0.05) is 11.5 Å². The third kappa shape index (κ3) is 3.97. The van der Waals surface area contributed by atoms with Crippen molar-refractivity contribution in [2.24, 2.45) is 0 Å². The summed E-state index contributed by atoms with van der Waals surface area (Å²) in [4.78, 5) is 0. The van der Waals surface area contributed by atoms with Gasteiger partial charge in [0.1, 0.15) is 0 Å². The molecule has 1 fully saturated rings. The van der Waals surface area contributed by atoms with Gasteiger partial charge in [0.2, 0.25) is 0 Å². The van der Waals surface area contributed by atoms with Crippen LogP contribution in [0.5, 0.6) is 0 Å². The largest absolute Gasteiger partial charge is 0.313 e. The van der Waals surface area contributed by atoms with E-state index >= 15 is 0 Å². The summed E-state index contributed by atoms with van der Waals surface area (Å²) < 4.78 is 0. The summed E-state index contributed by atoms with van der Waals surface area (Å²) in [6.07, 6.45) is 12.4. The van der Waals surface area contributed by atoms with Gasteiger partial charge in [-0.1, -0.05) is 62.6 Å². The van der Waals surface area contributed by atoms with Crippen LogP contribution in [-0.4, -0.2) is 12.6 Å². The lowest BCUT2D eigenvalue weighted by molar-refractivity contribution is 0.204. The maximum atomic E-state index is 3.93. The van der Waals surface area contributed by atoms with Crippen molar-refractivity contribution in [3.8, 4) is 0 Å². The molecular weight excluding hydrogens is 254 g/mol. The van der Waals surface area contributed by atoms with Crippen molar-refractivity contribution >= 4 is 0 Å². The van der Waals surface area contributed by atoms with Crippen LogP contribution in [-0.2, 0) is 5.41 Å². The van der Waals surface area contributed by atoms with Gasteiger partial charge in [-0.25, -0.2) is 0 Å². The highest BCUT2D eigenvalue weighted by molar-refractivity contribution is 5.28. The van der Waals surface area contributed by atoms with Crippen molar-refractivity contribution in [2.45, 2.75) is 69.7 Å². The van der Waals surface area contributed by atoms with E-state index in [9.17, 15) is 0 Å². The molecule has 1 aliphatic rings. The molecule has 116 valence electrons. The van der Waals surface area contributed by atoms with Crippen LogP contribution >= 0.6 is 0 Å². The Morgan fingerprint density at radius 3 is 2.52 bits per heavy atom. The van der Waals surface area contributed by atoms with Crippen molar-refractivity contribution in [1.82, 2.24) is 5.32 Å². The van der Waals surface area contributed by atoms with Crippen LogP contribution in [0.1, 0.15) is 63.9 Å². The summed E-state index contributed by atoms with van der Waals surface area (Å²) in [7, 11) is 0. The van der Waals surface area contributed by atoms with Crippen LogP contribution in [0.15, 0.2) is 43.0 Å². The Hall–Kier alpha value is -1.08. The zero-order valence-corrected chi connectivity index (χ0v) is 13.6. The second-order valence-corrected chi connectivity index (χ2v) is 6.46. The lowest BCUT2D eigenvalue weighted by Gasteiger charge is -2.45. The maximum absolute atomic E-state index is 3.93. The molecule has 0 aliphatic heterocycles. The van der Waals surface area contributed by atoms with Crippen molar-refractivity contribution in [1.29, 1.82) is 0 Å². The van der Waals surface area contributed by atoms with E-state index < -0.39 is 0 Å². The van der Waals surface area contributed by atoms with Crippen molar-refractivity contribution in [2.75, 3.05) is 6.54 Å². The quantitative estimate of drug-likeness (QED) is 0.645. The Morgan fingerprint density at radius 1 is 1.19 bits per heavy atom. The van der Waals surface area contributed by atoms with E-state index in [1.807, 2.05) is 0 Å². The summed E-state index contributed by atoms with van der Waals surface area (Å²) in [6.45, 7) is 7.30. The summed E-state index contributed by atoms with van der Waals surface area (Å²) >= 11 is 0. The predicted molar refractivity (Wildman–Crippen MR) is 92.7 cm³/mol. The van der Waals surface area contributed by atoms with Gasteiger partial charge < -0.3 is 5.32 Å². The molecule has 1 atom stereocenters. The molecule has 0 spiro atoms. The number of benzene rings is 1. The van der Waals surface area contributed by atoms with E-state index in [1.165, 1.54) is 44.9 Å². The minimum Gasteiger partial charge on any atom is -0.313 e. The molecular formula is C20H31N. The Labute approximate surface area is 130 Å². The van der Waals surface area contributed by atoms with Gasteiger partial charge in [0.15, 0.2) is 0 Å². The third-order valence-corrected chi connectivity index (χ3v) is 5.06. The Morgan fingerprint density at radius 2 is 1.90 bits per heavy atom. The number of hydrogen-bond acceptors (Lipinski definition) is 1. The molecule has 0 aromatic heterocycles. The minimum absolute atomic E-state index is 0.331. The van der Waals surface area contributed by atoms with Gasteiger partial charge in [-0.15, -0.1) is 6.58 Å². The van der Waals surface area contributed by atoms with Crippen molar-refractivity contribution in [3.05, 3.63) is 48.6 Å². The molecule has 1 heteroatoms. The Balaban J connectivity index is 2.28. The number of allylic oxidation sites excluding steroid dienone is 1. The fourth-order valence-electron chi connectivity index (χ4n) is 3.97. The maximum Gasteiger partial charge on any atom is 0.0167 e. The van der Waals surface area contributed by atoms with E-state index in [0.29, 0.717) is 11.5 Å². The SMILES string of the molecule is C=CCCC(NCCC)C1(c2ccccc2)CCCCC1. The molecule has 1 aromatic rings. The van der Waals surface area contributed by atoms with Crippen LogP contribution in [0.2, 0.25) is 0 Å². The smallest absolute Gasteiger partial charge is 0.0167 e. The first kappa shape index (κ1) is 16.3. The van der Waals surface area contributed by atoms with Crippen molar-refractivity contribution < 1.29 is 0 Å². The molecule has 1 N–H and O–H groups in total. The van der Waals surface area contributed by atoms with Crippen LogP contribution in [0, 0.1) is 0 Å². The second kappa shape index (κ2) is 8.38. The number of rotatable bonds is 8. The third-order valence-electron chi connectivity index (χ3n) is 5.06. The van der Waals surface area contributed by atoms with E-state index in [-0.39, 0.29) is 0 Å². The average Bonchev–Trinajstić information content (AvgIpc) is 2.56. The van der Waals surface area contributed by atoms with Gasteiger partial charge in [0.05, 0.1) is 0 Å². The fourth-order valence-corrected chi connectivity index (χ4v) is 3.97. The Kier molecular flexibility index (Phi) is 6.50. The first-order valence-corrected chi connectivity index (χ1v) is 8.73. The molecule has 0 amide bonds. The van der Waals surface area contributed by atoms with Crippen LogP contribution in [0.25, 0.3) is 0 Å². The van der Waals surface area contributed by atoms with E-state index in [2.05, 4.69) is 55.2 Å². The van der Waals surface area contributed by atoms with Crippen LogP contribution in [0.4, 0.5) is 0 Å². The lowest BCUT2D eigenvalue weighted by Crippen LogP contribution is -2.50. The summed E-state index contributed by atoms with van der Waals surface area (Å²) in [5.74, 6) is 0. The average molecular weight is 285 g/mol. The highest BCUT2D eigenvalue weighted by atomic mass is 14.9. The molecule has 1 aliphatic carbocycles. The predicted octanol–water partition coefficient (Wildman–Crippen LogP) is 5.22. The molecule has 1 aromatic carbocycles. The molecule has 21 heavy (non-hydrogen) atoms. The zero-order valence-electron chi connectivity index (χ0n) is 13.6.